The van der Waals surface area contributed by atoms with E-state index in [1.54, 1.807) is 18.3 Å². The Kier molecular flexibility index (Phi) is 6.01. The van der Waals surface area contributed by atoms with Crippen LogP contribution in [0.1, 0.15) is 38.6 Å². The van der Waals surface area contributed by atoms with E-state index in [2.05, 4.69) is 15.3 Å². The summed E-state index contributed by atoms with van der Waals surface area (Å²) in [6.45, 7) is 9.85. The van der Waals surface area contributed by atoms with Gasteiger partial charge in [-0.25, -0.2) is 9.78 Å². The summed E-state index contributed by atoms with van der Waals surface area (Å²) in [4.78, 5) is 20.6. The number of amides is 1. The second-order valence-electron chi connectivity index (χ2n) is 5.91. The third kappa shape index (κ3) is 6.06. The number of carbonyl (C=O) groups is 1. The highest BCUT2D eigenvalue weighted by molar-refractivity contribution is 5.67. The van der Waals surface area contributed by atoms with Gasteiger partial charge in [-0.3, -0.25) is 0 Å². The number of aryl methyl sites for hydroxylation is 1. The van der Waals surface area contributed by atoms with E-state index >= 15 is 0 Å². The lowest BCUT2D eigenvalue weighted by Gasteiger charge is -2.24. The van der Waals surface area contributed by atoms with E-state index in [1.807, 2.05) is 27.7 Å². The van der Waals surface area contributed by atoms with Crippen molar-refractivity contribution in [2.45, 2.75) is 46.3 Å². The molecule has 20 heavy (non-hydrogen) atoms. The van der Waals surface area contributed by atoms with Crippen molar-refractivity contribution in [1.29, 1.82) is 0 Å². The normalized spacial score (nSPS) is 11.4. The molecule has 1 aromatic heterocycles. The van der Waals surface area contributed by atoms with Crippen molar-refractivity contribution in [1.82, 2.24) is 20.2 Å². The Labute approximate surface area is 120 Å². The second-order valence-corrected chi connectivity index (χ2v) is 5.91. The fourth-order valence-electron chi connectivity index (χ4n) is 1.64. The van der Waals surface area contributed by atoms with Gasteiger partial charge >= 0.3 is 6.09 Å². The lowest BCUT2D eigenvalue weighted by atomic mass is 10.2. The van der Waals surface area contributed by atoms with Crippen LogP contribution in [0.3, 0.4) is 0 Å². The number of rotatable bonds is 6. The monoisotopic (exact) mass is 282 g/mol. The number of imidazole rings is 1. The van der Waals surface area contributed by atoms with Gasteiger partial charge in [-0.05, 0) is 40.7 Å². The van der Waals surface area contributed by atoms with Crippen LogP contribution in [0.15, 0.2) is 6.33 Å². The zero-order valence-corrected chi connectivity index (χ0v) is 13.1. The third-order valence-corrected chi connectivity index (χ3v) is 2.78. The van der Waals surface area contributed by atoms with Crippen LogP contribution >= 0.6 is 0 Å². The van der Waals surface area contributed by atoms with Crippen LogP contribution < -0.4 is 5.32 Å². The molecule has 0 radical (unpaired) electrons. The number of ether oxygens (including phenoxy) is 1. The molecule has 114 valence electrons. The van der Waals surface area contributed by atoms with Gasteiger partial charge in [0.2, 0.25) is 0 Å². The molecule has 0 fully saturated rings. The van der Waals surface area contributed by atoms with Crippen LogP contribution in [0.25, 0.3) is 0 Å². The fraction of sp³-hybridized carbons (Fsp3) is 0.714. The van der Waals surface area contributed by atoms with Crippen LogP contribution in [-0.2, 0) is 11.3 Å². The van der Waals surface area contributed by atoms with Crippen LogP contribution in [-0.4, -0.2) is 46.7 Å². The van der Waals surface area contributed by atoms with Crippen molar-refractivity contribution in [3.8, 4) is 0 Å². The average molecular weight is 282 g/mol. The molecule has 6 heteroatoms. The molecule has 0 unspecified atom stereocenters. The number of hydrogen-bond donors (Lipinski definition) is 2. The lowest BCUT2D eigenvalue weighted by Crippen LogP contribution is -2.35. The van der Waals surface area contributed by atoms with E-state index in [0.717, 1.165) is 30.9 Å². The zero-order chi connectivity index (χ0) is 15.2. The van der Waals surface area contributed by atoms with Crippen LogP contribution in [0, 0.1) is 6.92 Å². The Balaban J connectivity index is 2.14. The topological polar surface area (TPSA) is 70.2 Å². The van der Waals surface area contributed by atoms with Gasteiger partial charge in [-0.15, -0.1) is 0 Å². The number of H-pyrrole nitrogens is 1. The molecule has 0 saturated carbocycles. The number of nitrogens with one attached hydrogen (secondary N) is 2. The molecule has 0 spiro atoms. The van der Waals surface area contributed by atoms with Gasteiger partial charge in [-0.2, -0.15) is 0 Å². The summed E-state index contributed by atoms with van der Waals surface area (Å²) < 4.78 is 5.28. The van der Waals surface area contributed by atoms with Gasteiger partial charge in [0, 0.05) is 25.8 Å². The van der Waals surface area contributed by atoms with Gasteiger partial charge in [0.15, 0.2) is 0 Å². The summed E-state index contributed by atoms with van der Waals surface area (Å²) in [5, 5.41) is 3.31. The predicted octanol–water partition coefficient (Wildman–Crippen LogP) is 2.06. The zero-order valence-electron chi connectivity index (χ0n) is 13.1. The second kappa shape index (κ2) is 7.28. The van der Waals surface area contributed by atoms with Crippen LogP contribution in [0.2, 0.25) is 0 Å². The van der Waals surface area contributed by atoms with Crippen molar-refractivity contribution in [3.63, 3.8) is 0 Å². The Bertz CT molecular complexity index is 423. The number of nitrogens with zero attached hydrogens (tertiary/aromatic N) is 2. The third-order valence-electron chi connectivity index (χ3n) is 2.78. The molecular formula is C14H26N4O2. The van der Waals surface area contributed by atoms with Gasteiger partial charge in [-0.1, -0.05) is 0 Å². The first-order chi connectivity index (χ1) is 9.29. The van der Waals surface area contributed by atoms with Crippen molar-refractivity contribution in [2.75, 3.05) is 20.1 Å². The number of aromatic nitrogens is 2. The first kappa shape index (κ1) is 16.5. The van der Waals surface area contributed by atoms with E-state index in [9.17, 15) is 4.79 Å². The largest absolute Gasteiger partial charge is 0.444 e. The van der Waals surface area contributed by atoms with E-state index in [-0.39, 0.29) is 6.09 Å². The van der Waals surface area contributed by atoms with Crippen molar-refractivity contribution >= 4 is 6.09 Å². The molecule has 1 amide bonds. The van der Waals surface area contributed by atoms with Crippen LogP contribution in [0.5, 0.6) is 0 Å². The molecule has 1 rings (SSSR count). The number of aromatic amines is 1. The summed E-state index contributed by atoms with van der Waals surface area (Å²) in [6, 6.07) is 0. The molecule has 0 bridgehead atoms. The van der Waals surface area contributed by atoms with E-state index in [4.69, 9.17) is 4.74 Å². The molecule has 0 aliphatic rings. The van der Waals surface area contributed by atoms with Gasteiger partial charge < -0.3 is 19.9 Å². The Morgan fingerprint density at radius 1 is 1.50 bits per heavy atom. The first-order valence-electron chi connectivity index (χ1n) is 6.93. The molecule has 2 N–H and O–H groups in total. The van der Waals surface area contributed by atoms with Crippen molar-refractivity contribution in [2.24, 2.45) is 0 Å². The van der Waals surface area contributed by atoms with Crippen molar-refractivity contribution < 1.29 is 9.53 Å². The number of hydrogen-bond acceptors (Lipinski definition) is 4. The quantitative estimate of drug-likeness (QED) is 0.784. The minimum Gasteiger partial charge on any atom is -0.444 e. The Hall–Kier alpha value is -1.56. The predicted molar refractivity (Wildman–Crippen MR) is 78.5 cm³/mol. The molecule has 6 nitrogen and oxygen atoms in total. The van der Waals surface area contributed by atoms with Gasteiger partial charge in [0.1, 0.15) is 5.60 Å². The summed E-state index contributed by atoms with van der Waals surface area (Å²) in [7, 11) is 1.76. The number of carbonyl (C=O) groups excluding carboxylic acids is 1. The summed E-state index contributed by atoms with van der Waals surface area (Å²) in [5.41, 5.74) is 1.68. The molecule has 1 heterocycles. The summed E-state index contributed by atoms with van der Waals surface area (Å²) in [5.74, 6) is 0. The highest BCUT2D eigenvalue weighted by Gasteiger charge is 2.18. The maximum Gasteiger partial charge on any atom is 0.410 e. The lowest BCUT2D eigenvalue weighted by molar-refractivity contribution is 0.0297. The Morgan fingerprint density at radius 2 is 2.20 bits per heavy atom. The van der Waals surface area contributed by atoms with Crippen LogP contribution in [0.4, 0.5) is 4.79 Å². The summed E-state index contributed by atoms with van der Waals surface area (Å²) >= 11 is 0. The standard InChI is InChI=1S/C14H26N4O2/c1-11-12(17-10-16-11)9-15-7-6-8-18(5)13(19)20-14(2,3)4/h10,15H,6-9H2,1-5H3,(H,16,17). The minimum atomic E-state index is -0.443. The van der Waals surface area contributed by atoms with Crippen molar-refractivity contribution in [3.05, 3.63) is 17.7 Å². The first-order valence-corrected chi connectivity index (χ1v) is 6.93. The molecule has 0 aromatic carbocycles. The molecule has 0 aliphatic carbocycles. The fourth-order valence-corrected chi connectivity index (χ4v) is 1.64. The highest BCUT2D eigenvalue weighted by atomic mass is 16.6. The van der Waals surface area contributed by atoms with E-state index < -0.39 is 5.60 Å². The van der Waals surface area contributed by atoms with E-state index in [0.29, 0.717) is 6.54 Å². The maximum absolute atomic E-state index is 11.7. The molecular weight excluding hydrogens is 256 g/mol. The van der Waals surface area contributed by atoms with Gasteiger partial charge in [0.25, 0.3) is 0 Å². The van der Waals surface area contributed by atoms with Gasteiger partial charge in [0.05, 0.1) is 12.0 Å². The SMILES string of the molecule is Cc1[nH]cnc1CNCCCN(C)C(=O)OC(C)(C)C. The average Bonchev–Trinajstić information content (AvgIpc) is 2.72. The highest BCUT2D eigenvalue weighted by Crippen LogP contribution is 2.09. The maximum atomic E-state index is 11.7. The molecule has 0 atom stereocenters. The Morgan fingerprint density at radius 3 is 2.75 bits per heavy atom. The molecule has 0 saturated heterocycles. The smallest absolute Gasteiger partial charge is 0.410 e. The molecule has 0 aliphatic heterocycles. The van der Waals surface area contributed by atoms with E-state index in [1.165, 1.54) is 0 Å². The molecule has 1 aromatic rings. The summed E-state index contributed by atoms with van der Waals surface area (Å²) in [6.07, 6.45) is 2.29. The minimum absolute atomic E-state index is 0.277.